The molecule has 1 aromatic carbocycles. The van der Waals surface area contributed by atoms with Gasteiger partial charge in [0, 0.05) is 6.07 Å². The molecule has 0 saturated carbocycles. The van der Waals surface area contributed by atoms with Crippen LogP contribution in [-0.2, 0) is 6.18 Å². The third-order valence-corrected chi connectivity index (χ3v) is 1.90. The molecular formula is C9H7F6N5. The molecule has 6 N–H and O–H groups in total. The molecule has 0 bridgehead atoms. The van der Waals surface area contributed by atoms with Crippen LogP contribution in [0.15, 0.2) is 16.1 Å². The molecule has 110 valence electrons. The van der Waals surface area contributed by atoms with E-state index in [0.29, 0.717) is 0 Å². The Morgan fingerprint density at radius 2 is 1.55 bits per heavy atom. The summed E-state index contributed by atoms with van der Waals surface area (Å²) < 4.78 is 76.6. The van der Waals surface area contributed by atoms with Crippen molar-refractivity contribution in [3.05, 3.63) is 29.1 Å². The van der Waals surface area contributed by atoms with Crippen LogP contribution in [-0.4, -0.2) is 11.9 Å². The second kappa shape index (κ2) is 5.27. The topological polar surface area (TPSA) is 103 Å². The minimum absolute atomic E-state index is 0.0241. The lowest BCUT2D eigenvalue weighted by molar-refractivity contribution is -0.142. The van der Waals surface area contributed by atoms with Gasteiger partial charge in [-0.25, -0.2) is 18.2 Å². The van der Waals surface area contributed by atoms with Gasteiger partial charge in [0.2, 0.25) is 5.96 Å². The fourth-order valence-electron chi connectivity index (χ4n) is 1.20. The van der Waals surface area contributed by atoms with Crippen LogP contribution in [0.25, 0.3) is 0 Å². The van der Waals surface area contributed by atoms with E-state index in [4.69, 9.17) is 17.2 Å². The van der Waals surface area contributed by atoms with E-state index < -0.39 is 46.8 Å². The van der Waals surface area contributed by atoms with E-state index >= 15 is 0 Å². The monoisotopic (exact) mass is 299 g/mol. The van der Waals surface area contributed by atoms with Gasteiger partial charge < -0.3 is 17.2 Å². The SMILES string of the molecule is NC(N)=NC(N)=Nc1cc(F)c(C(F)(F)F)c(F)c1F. The zero-order valence-corrected chi connectivity index (χ0v) is 9.47. The van der Waals surface area contributed by atoms with Crippen LogP contribution >= 0.6 is 0 Å². The molecule has 0 aromatic heterocycles. The smallest absolute Gasteiger partial charge is 0.370 e. The Morgan fingerprint density at radius 1 is 1.00 bits per heavy atom. The summed E-state index contributed by atoms with van der Waals surface area (Å²) in [5.41, 5.74) is 11.4. The van der Waals surface area contributed by atoms with E-state index in [1.807, 2.05) is 0 Å². The second-order valence-corrected chi connectivity index (χ2v) is 3.38. The minimum Gasteiger partial charge on any atom is -0.370 e. The van der Waals surface area contributed by atoms with E-state index in [-0.39, 0.29) is 6.07 Å². The number of nitrogens with two attached hydrogens (primary N) is 3. The van der Waals surface area contributed by atoms with Gasteiger partial charge in [0.05, 0.1) is 0 Å². The summed E-state index contributed by atoms with van der Waals surface area (Å²) in [5.74, 6) is -7.89. The Morgan fingerprint density at radius 3 is 2.00 bits per heavy atom. The third kappa shape index (κ3) is 3.30. The number of hydrogen-bond donors (Lipinski definition) is 3. The summed E-state index contributed by atoms with van der Waals surface area (Å²) in [6.45, 7) is 0. The summed E-state index contributed by atoms with van der Waals surface area (Å²) in [6, 6.07) is 0.0241. The quantitative estimate of drug-likeness (QED) is 0.315. The molecular weight excluding hydrogens is 292 g/mol. The van der Waals surface area contributed by atoms with E-state index in [1.165, 1.54) is 0 Å². The third-order valence-electron chi connectivity index (χ3n) is 1.90. The van der Waals surface area contributed by atoms with E-state index in [9.17, 15) is 26.3 Å². The molecule has 1 rings (SSSR count). The number of alkyl halides is 3. The minimum atomic E-state index is -5.40. The Kier molecular flexibility index (Phi) is 4.11. The highest BCUT2D eigenvalue weighted by Crippen LogP contribution is 2.37. The van der Waals surface area contributed by atoms with Crippen molar-refractivity contribution in [1.29, 1.82) is 0 Å². The maximum absolute atomic E-state index is 13.4. The standard InChI is InChI=1S/C9H7F6N5/c10-2-1-3(19-8(18)20-7(16)17)5(11)6(12)4(2)9(13,14)15/h1H,(H6,16,17,18,19,20). The van der Waals surface area contributed by atoms with Gasteiger partial charge in [-0.3, -0.25) is 0 Å². The average Bonchev–Trinajstić information content (AvgIpc) is 2.22. The molecule has 5 nitrogen and oxygen atoms in total. The molecule has 11 heteroatoms. The van der Waals surface area contributed by atoms with Crippen LogP contribution in [0.5, 0.6) is 0 Å². The van der Waals surface area contributed by atoms with Crippen molar-refractivity contribution in [2.45, 2.75) is 6.18 Å². The predicted octanol–water partition coefficient (Wildman–Crippen LogP) is 1.34. The molecule has 0 amide bonds. The van der Waals surface area contributed by atoms with Crippen molar-refractivity contribution in [3.8, 4) is 0 Å². The maximum Gasteiger partial charge on any atom is 0.422 e. The van der Waals surface area contributed by atoms with Crippen molar-refractivity contribution in [3.63, 3.8) is 0 Å². The number of benzene rings is 1. The Labute approximate surface area is 107 Å². The first kappa shape index (κ1) is 15.6. The normalized spacial score (nSPS) is 12.4. The molecule has 20 heavy (non-hydrogen) atoms. The first-order valence-electron chi connectivity index (χ1n) is 4.72. The molecule has 0 fully saturated rings. The number of halogens is 6. The highest BCUT2D eigenvalue weighted by Gasteiger charge is 2.40. The van der Waals surface area contributed by atoms with Crippen LogP contribution in [0.1, 0.15) is 5.56 Å². The highest BCUT2D eigenvalue weighted by atomic mass is 19.4. The fraction of sp³-hybridized carbons (Fsp3) is 0.111. The van der Waals surface area contributed by atoms with Crippen LogP contribution in [0.2, 0.25) is 0 Å². The molecule has 0 atom stereocenters. The van der Waals surface area contributed by atoms with Crippen molar-refractivity contribution in [2.24, 2.45) is 27.2 Å². The molecule has 0 heterocycles. The van der Waals surface area contributed by atoms with Crippen LogP contribution < -0.4 is 17.2 Å². The van der Waals surface area contributed by atoms with Gasteiger partial charge in [-0.05, 0) is 0 Å². The molecule has 0 radical (unpaired) electrons. The summed E-state index contributed by atoms with van der Waals surface area (Å²) in [6.07, 6.45) is -5.40. The van der Waals surface area contributed by atoms with E-state index in [1.54, 1.807) is 0 Å². The van der Waals surface area contributed by atoms with E-state index in [0.717, 1.165) is 0 Å². The number of hydrogen-bond acceptors (Lipinski definition) is 1. The highest BCUT2D eigenvalue weighted by molar-refractivity contribution is 5.93. The van der Waals surface area contributed by atoms with Gasteiger partial charge >= 0.3 is 6.18 Å². The number of guanidine groups is 2. The molecule has 0 unspecified atom stereocenters. The van der Waals surface area contributed by atoms with Gasteiger partial charge in [-0.2, -0.15) is 18.2 Å². The lowest BCUT2D eigenvalue weighted by atomic mass is 10.1. The van der Waals surface area contributed by atoms with Gasteiger partial charge in [0.1, 0.15) is 17.1 Å². The molecule has 0 aliphatic rings. The summed E-state index contributed by atoms with van der Waals surface area (Å²) in [5, 5.41) is 0. The van der Waals surface area contributed by atoms with Crippen LogP contribution in [0.3, 0.4) is 0 Å². The first-order chi connectivity index (χ1) is 9.04. The summed E-state index contributed by atoms with van der Waals surface area (Å²) in [4.78, 5) is 6.18. The van der Waals surface area contributed by atoms with Crippen molar-refractivity contribution in [1.82, 2.24) is 0 Å². The Balaban J connectivity index is 3.45. The molecule has 0 aliphatic heterocycles. The van der Waals surface area contributed by atoms with Crippen LogP contribution in [0, 0.1) is 17.5 Å². The Bertz CT molecular complexity index is 587. The summed E-state index contributed by atoms with van der Waals surface area (Å²) in [7, 11) is 0. The van der Waals surface area contributed by atoms with E-state index in [2.05, 4.69) is 9.98 Å². The number of aliphatic imine (C=N–C) groups is 2. The lowest BCUT2D eigenvalue weighted by Crippen LogP contribution is -2.26. The van der Waals surface area contributed by atoms with Crippen molar-refractivity contribution < 1.29 is 26.3 Å². The fourth-order valence-corrected chi connectivity index (χ4v) is 1.20. The van der Waals surface area contributed by atoms with Gasteiger partial charge in [-0.15, -0.1) is 0 Å². The maximum atomic E-state index is 13.4. The predicted molar refractivity (Wildman–Crippen MR) is 58.4 cm³/mol. The molecule has 0 aliphatic carbocycles. The average molecular weight is 299 g/mol. The number of nitrogens with zero attached hydrogens (tertiary/aromatic N) is 2. The van der Waals surface area contributed by atoms with Gasteiger partial charge in [0.15, 0.2) is 17.6 Å². The lowest BCUT2D eigenvalue weighted by Gasteiger charge is -2.10. The van der Waals surface area contributed by atoms with Crippen molar-refractivity contribution in [2.75, 3.05) is 0 Å². The van der Waals surface area contributed by atoms with Crippen molar-refractivity contribution >= 4 is 17.6 Å². The molecule has 0 saturated heterocycles. The first-order valence-corrected chi connectivity index (χ1v) is 4.72. The molecule has 0 spiro atoms. The zero-order chi connectivity index (χ0) is 15.7. The number of rotatable bonds is 1. The second-order valence-electron chi connectivity index (χ2n) is 3.38. The zero-order valence-electron chi connectivity index (χ0n) is 9.47. The Hall–Kier alpha value is -2.46. The van der Waals surface area contributed by atoms with Crippen LogP contribution in [0.4, 0.5) is 32.0 Å². The van der Waals surface area contributed by atoms with Gasteiger partial charge in [-0.1, -0.05) is 0 Å². The molecule has 1 aromatic rings. The van der Waals surface area contributed by atoms with Gasteiger partial charge in [0.25, 0.3) is 0 Å². The summed E-state index contributed by atoms with van der Waals surface area (Å²) >= 11 is 0. The largest absolute Gasteiger partial charge is 0.422 e.